The molecular weight excluding hydrogens is 358 g/mol. The summed E-state index contributed by atoms with van der Waals surface area (Å²) in [5, 5.41) is 17.7. The number of piperidine rings is 1. The van der Waals surface area contributed by atoms with Gasteiger partial charge in [-0.05, 0) is 43.9 Å². The lowest BCUT2D eigenvalue weighted by Crippen LogP contribution is -2.39. The van der Waals surface area contributed by atoms with Crippen LogP contribution in [0.4, 0.5) is 0 Å². The summed E-state index contributed by atoms with van der Waals surface area (Å²) in [7, 11) is 0. The average Bonchev–Trinajstić information content (AvgIpc) is 3.23. The first-order valence-corrected chi connectivity index (χ1v) is 10.3. The van der Waals surface area contributed by atoms with Crippen molar-refractivity contribution in [3.63, 3.8) is 0 Å². The molecule has 5 nitrogen and oxygen atoms in total. The fourth-order valence-corrected chi connectivity index (χ4v) is 4.42. The van der Waals surface area contributed by atoms with Gasteiger partial charge in [0.25, 0.3) is 0 Å². The van der Waals surface area contributed by atoms with Crippen LogP contribution in [0.1, 0.15) is 48.0 Å². The van der Waals surface area contributed by atoms with E-state index in [4.69, 9.17) is 0 Å². The van der Waals surface area contributed by atoms with Crippen LogP contribution in [-0.2, 0) is 5.41 Å². The molecule has 1 saturated heterocycles. The fraction of sp³-hybridized carbons (Fsp3) is 0.375. The molecule has 1 aliphatic rings. The third-order valence-electron chi connectivity index (χ3n) is 6.01. The summed E-state index contributed by atoms with van der Waals surface area (Å²) in [4.78, 5) is 7.01. The third kappa shape index (κ3) is 4.08. The van der Waals surface area contributed by atoms with Crippen molar-refractivity contribution in [2.45, 2.75) is 37.5 Å². The Morgan fingerprint density at radius 3 is 2.31 bits per heavy atom. The summed E-state index contributed by atoms with van der Waals surface area (Å²) in [6.07, 6.45) is 3.01. The van der Waals surface area contributed by atoms with Crippen molar-refractivity contribution >= 4 is 0 Å². The number of hydrogen-bond acceptors (Lipinski definition) is 4. The van der Waals surface area contributed by atoms with Crippen molar-refractivity contribution in [2.75, 3.05) is 19.6 Å². The monoisotopic (exact) mass is 385 g/mol. The van der Waals surface area contributed by atoms with E-state index in [-0.39, 0.29) is 0 Å². The van der Waals surface area contributed by atoms with Crippen molar-refractivity contribution in [3.05, 3.63) is 83.4 Å². The van der Waals surface area contributed by atoms with Crippen molar-refractivity contribution in [1.29, 1.82) is 5.26 Å². The van der Waals surface area contributed by atoms with Gasteiger partial charge in [0.15, 0.2) is 5.82 Å². The first-order chi connectivity index (χ1) is 14.2. The van der Waals surface area contributed by atoms with E-state index in [1.807, 2.05) is 43.3 Å². The summed E-state index contributed by atoms with van der Waals surface area (Å²) in [5.74, 6) is 2.15. The third-order valence-corrected chi connectivity index (χ3v) is 6.01. The normalized spacial score (nSPS) is 17.7. The molecule has 0 bridgehead atoms. The molecule has 1 aliphatic heterocycles. The van der Waals surface area contributed by atoms with E-state index in [9.17, 15) is 5.26 Å². The predicted molar refractivity (Wildman–Crippen MR) is 113 cm³/mol. The van der Waals surface area contributed by atoms with E-state index >= 15 is 0 Å². The minimum absolute atomic E-state index is 0.360. The number of rotatable bonds is 6. The van der Waals surface area contributed by atoms with Crippen LogP contribution in [0.25, 0.3) is 0 Å². The molecule has 0 radical (unpaired) electrons. The molecule has 29 heavy (non-hydrogen) atoms. The number of aryl methyl sites for hydroxylation is 1. The van der Waals surface area contributed by atoms with Crippen LogP contribution in [0.15, 0.2) is 60.7 Å². The molecule has 148 valence electrons. The van der Waals surface area contributed by atoms with Crippen molar-refractivity contribution in [3.8, 4) is 6.07 Å². The second-order valence-electron chi connectivity index (χ2n) is 7.92. The summed E-state index contributed by atoms with van der Waals surface area (Å²) >= 11 is 0. The molecule has 5 heteroatoms. The smallest absolute Gasteiger partial charge is 0.155 e. The standard InChI is InChI=1S/C24H27N5/c1-19-26-23(28-27-19)20-9-8-15-29(17-20)16-14-24(18-25,21-10-4-2-5-11-21)22-12-6-3-7-13-22/h2-7,10-13,20H,8-9,14-17H2,1H3,(H,26,27,28). The minimum Gasteiger partial charge on any atom is -0.303 e. The van der Waals surface area contributed by atoms with Gasteiger partial charge in [-0.2, -0.15) is 10.4 Å². The largest absolute Gasteiger partial charge is 0.303 e. The zero-order chi connectivity index (χ0) is 20.1. The number of nitriles is 1. The van der Waals surface area contributed by atoms with E-state index in [0.29, 0.717) is 5.92 Å². The second kappa shape index (κ2) is 8.59. The highest BCUT2D eigenvalue weighted by atomic mass is 15.2. The Morgan fingerprint density at radius 1 is 1.10 bits per heavy atom. The number of likely N-dealkylation sites (tertiary alicyclic amines) is 1. The van der Waals surface area contributed by atoms with E-state index in [1.165, 1.54) is 0 Å². The number of benzene rings is 2. The molecule has 0 spiro atoms. The predicted octanol–water partition coefficient (Wildman–Crippen LogP) is 4.19. The van der Waals surface area contributed by atoms with E-state index < -0.39 is 5.41 Å². The molecule has 4 rings (SSSR count). The second-order valence-corrected chi connectivity index (χ2v) is 7.92. The van der Waals surface area contributed by atoms with Gasteiger partial charge in [0.2, 0.25) is 0 Å². The SMILES string of the molecule is Cc1nc(C2CCCN(CCC(C#N)(c3ccccc3)c3ccccc3)C2)n[nH]1. The van der Waals surface area contributed by atoms with E-state index in [2.05, 4.69) is 50.4 Å². The van der Waals surface area contributed by atoms with Crippen LogP contribution in [0.5, 0.6) is 0 Å². The molecule has 1 fully saturated rings. The molecule has 0 saturated carbocycles. The average molecular weight is 386 g/mol. The fourth-order valence-electron chi connectivity index (χ4n) is 4.42. The molecule has 1 atom stereocenters. The van der Waals surface area contributed by atoms with Crippen LogP contribution in [-0.4, -0.2) is 39.7 Å². The first kappa shape index (κ1) is 19.4. The number of H-pyrrole nitrogens is 1. The van der Waals surface area contributed by atoms with Gasteiger partial charge in [0.1, 0.15) is 11.2 Å². The van der Waals surface area contributed by atoms with Gasteiger partial charge in [-0.15, -0.1) is 0 Å². The van der Waals surface area contributed by atoms with Crippen molar-refractivity contribution < 1.29 is 0 Å². The summed E-state index contributed by atoms with van der Waals surface area (Å²) in [6.45, 7) is 4.82. The number of nitrogens with zero attached hydrogens (tertiary/aromatic N) is 4. The lowest BCUT2D eigenvalue weighted by atomic mass is 9.73. The van der Waals surface area contributed by atoms with Gasteiger partial charge in [-0.3, -0.25) is 5.10 Å². The zero-order valence-electron chi connectivity index (χ0n) is 16.9. The van der Waals surface area contributed by atoms with Crippen molar-refractivity contribution in [2.24, 2.45) is 0 Å². The lowest BCUT2D eigenvalue weighted by molar-refractivity contribution is 0.195. The summed E-state index contributed by atoms with van der Waals surface area (Å²) in [6, 6.07) is 23.1. The summed E-state index contributed by atoms with van der Waals surface area (Å²) in [5.41, 5.74) is 1.48. The zero-order valence-corrected chi connectivity index (χ0v) is 16.9. The highest BCUT2D eigenvalue weighted by Gasteiger charge is 2.35. The molecule has 0 amide bonds. The molecule has 1 unspecified atom stereocenters. The van der Waals surface area contributed by atoms with Gasteiger partial charge < -0.3 is 4.90 Å². The Morgan fingerprint density at radius 2 is 1.76 bits per heavy atom. The Balaban J connectivity index is 1.55. The number of hydrogen-bond donors (Lipinski definition) is 1. The quantitative estimate of drug-likeness (QED) is 0.691. The van der Waals surface area contributed by atoms with Gasteiger partial charge in [-0.25, -0.2) is 4.98 Å². The van der Waals surface area contributed by atoms with Crippen LogP contribution in [0.3, 0.4) is 0 Å². The Labute approximate surface area is 172 Å². The number of nitrogens with one attached hydrogen (secondary N) is 1. The lowest BCUT2D eigenvalue weighted by Gasteiger charge is -2.35. The van der Waals surface area contributed by atoms with Crippen LogP contribution >= 0.6 is 0 Å². The van der Waals surface area contributed by atoms with Gasteiger partial charge in [-0.1, -0.05) is 60.7 Å². The maximum Gasteiger partial charge on any atom is 0.155 e. The van der Waals surface area contributed by atoms with E-state index in [1.54, 1.807) is 0 Å². The summed E-state index contributed by atoms with van der Waals surface area (Å²) < 4.78 is 0. The van der Waals surface area contributed by atoms with Gasteiger partial charge in [0, 0.05) is 19.0 Å². The van der Waals surface area contributed by atoms with Gasteiger partial charge >= 0.3 is 0 Å². The number of aromatic amines is 1. The molecule has 2 aromatic carbocycles. The molecule has 0 aliphatic carbocycles. The highest BCUT2D eigenvalue weighted by Crippen LogP contribution is 2.36. The van der Waals surface area contributed by atoms with Crippen LogP contribution in [0.2, 0.25) is 0 Å². The molecular formula is C24H27N5. The Bertz CT molecular complexity index is 918. The van der Waals surface area contributed by atoms with Crippen molar-refractivity contribution in [1.82, 2.24) is 20.1 Å². The Kier molecular flexibility index (Phi) is 5.73. The maximum atomic E-state index is 10.4. The van der Waals surface area contributed by atoms with Gasteiger partial charge in [0.05, 0.1) is 6.07 Å². The maximum absolute atomic E-state index is 10.4. The first-order valence-electron chi connectivity index (χ1n) is 10.3. The van der Waals surface area contributed by atoms with Crippen LogP contribution in [0, 0.1) is 18.3 Å². The van der Waals surface area contributed by atoms with E-state index in [0.717, 1.165) is 61.7 Å². The molecule has 3 aromatic rings. The molecule has 1 aromatic heterocycles. The van der Waals surface area contributed by atoms with Crippen LogP contribution < -0.4 is 0 Å². The topological polar surface area (TPSA) is 68.6 Å². The molecule has 1 N–H and O–H groups in total. The molecule has 2 heterocycles. The minimum atomic E-state index is -0.642. The Hall–Kier alpha value is -2.97. The highest BCUT2D eigenvalue weighted by molar-refractivity contribution is 5.45. The number of aromatic nitrogens is 3.